The van der Waals surface area contributed by atoms with Gasteiger partial charge in [0.1, 0.15) is 6.04 Å². The molecule has 2 aromatic rings. The van der Waals surface area contributed by atoms with Crippen LogP contribution in [0.15, 0.2) is 30.6 Å². The Hall–Kier alpha value is -2.12. The van der Waals surface area contributed by atoms with Crippen molar-refractivity contribution in [3.8, 4) is 5.75 Å². The molecule has 0 aliphatic carbocycles. The zero-order chi connectivity index (χ0) is 16.3. The summed E-state index contributed by atoms with van der Waals surface area (Å²) in [4.78, 5) is 14.0. The molecule has 0 saturated heterocycles. The summed E-state index contributed by atoms with van der Waals surface area (Å²) in [6, 6.07) is 3.85. The first-order valence-electron chi connectivity index (χ1n) is 6.74. The van der Waals surface area contributed by atoms with Crippen molar-refractivity contribution in [3.63, 3.8) is 0 Å². The van der Waals surface area contributed by atoms with Crippen LogP contribution < -0.4 is 15.0 Å². The zero-order valence-electron chi connectivity index (χ0n) is 13.4. The number of anilines is 1. The highest BCUT2D eigenvalue weighted by molar-refractivity contribution is 5.97. The lowest BCUT2D eigenvalue weighted by atomic mass is 10.1. The average Bonchev–Trinajstić information content (AvgIpc) is 2.93. The lowest BCUT2D eigenvalue weighted by Crippen LogP contribution is -2.37. The standard InChI is InChI=1S/C15H19FN4O2.ClH/c1-17-14(10-8-18-19(2)9-10)15(21)20(3)11-5-6-13(22-4)12(16)7-11;/h5-9,14,17H,1-4H3;1H. The summed E-state index contributed by atoms with van der Waals surface area (Å²) in [5.74, 6) is -0.580. The smallest absolute Gasteiger partial charge is 0.248 e. The van der Waals surface area contributed by atoms with E-state index in [1.807, 2.05) is 0 Å². The Morgan fingerprint density at radius 3 is 2.65 bits per heavy atom. The maximum absolute atomic E-state index is 13.8. The Labute approximate surface area is 140 Å². The van der Waals surface area contributed by atoms with Crippen LogP contribution in [0.1, 0.15) is 11.6 Å². The number of carbonyl (C=O) groups excluding carboxylic acids is 1. The number of amides is 1. The number of aryl methyl sites for hydroxylation is 1. The maximum atomic E-state index is 13.8. The predicted octanol–water partition coefficient (Wildman–Crippen LogP) is 1.91. The van der Waals surface area contributed by atoms with Gasteiger partial charge in [0.05, 0.1) is 13.3 Å². The number of aromatic nitrogens is 2. The lowest BCUT2D eigenvalue weighted by Gasteiger charge is -2.23. The number of rotatable bonds is 5. The minimum absolute atomic E-state index is 0. The van der Waals surface area contributed by atoms with Gasteiger partial charge < -0.3 is 15.0 Å². The number of halogens is 2. The normalized spacial score (nSPS) is 11.5. The Morgan fingerprint density at radius 2 is 2.17 bits per heavy atom. The Bertz CT molecular complexity index is 677. The monoisotopic (exact) mass is 342 g/mol. The van der Waals surface area contributed by atoms with Crippen LogP contribution in [0.5, 0.6) is 5.75 Å². The molecule has 1 unspecified atom stereocenters. The molecule has 2 rings (SSSR count). The molecule has 1 atom stereocenters. The highest BCUT2D eigenvalue weighted by Gasteiger charge is 2.24. The molecule has 1 amide bonds. The van der Waals surface area contributed by atoms with Crippen molar-refractivity contribution in [1.29, 1.82) is 0 Å². The van der Waals surface area contributed by atoms with Crippen LogP contribution in [0.4, 0.5) is 10.1 Å². The number of nitrogens with zero attached hydrogens (tertiary/aromatic N) is 3. The molecular weight excluding hydrogens is 323 g/mol. The average molecular weight is 343 g/mol. The minimum atomic E-state index is -0.552. The highest BCUT2D eigenvalue weighted by Crippen LogP contribution is 2.25. The van der Waals surface area contributed by atoms with Crippen molar-refractivity contribution in [2.45, 2.75) is 6.04 Å². The predicted molar refractivity (Wildman–Crippen MR) is 88.6 cm³/mol. The molecule has 1 N–H and O–H groups in total. The third-order valence-corrected chi connectivity index (χ3v) is 3.45. The van der Waals surface area contributed by atoms with Crippen molar-refractivity contribution < 1.29 is 13.9 Å². The van der Waals surface area contributed by atoms with E-state index < -0.39 is 11.9 Å². The summed E-state index contributed by atoms with van der Waals surface area (Å²) in [5.41, 5.74) is 1.20. The van der Waals surface area contributed by atoms with Gasteiger partial charge in [0.2, 0.25) is 5.91 Å². The van der Waals surface area contributed by atoms with Crippen molar-refractivity contribution in [3.05, 3.63) is 42.0 Å². The Kier molecular flexibility index (Phi) is 6.53. The number of ether oxygens (including phenoxy) is 1. The van der Waals surface area contributed by atoms with Gasteiger partial charge in [0, 0.05) is 37.6 Å². The number of nitrogens with one attached hydrogen (secondary N) is 1. The van der Waals surface area contributed by atoms with Crippen LogP contribution in [0, 0.1) is 5.82 Å². The molecule has 0 bridgehead atoms. The summed E-state index contributed by atoms with van der Waals surface area (Å²) >= 11 is 0. The first kappa shape index (κ1) is 18.9. The van der Waals surface area contributed by atoms with E-state index in [1.165, 1.54) is 24.1 Å². The van der Waals surface area contributed by atoms with Crippen molar-refractivity contribution in [1.82, 2.24) is 15.1 Å². The summed E-state index contributed by atoms with van der Waals surface area (Å²) in [6.45, 7) is 0. The van der Waals surface area contributed by atoms with Crippen LogP contribution >= 0.6 is 12.4 Å². The van der Waals surface area contributed by atoms with Gasteiger partial charge in [-0.1, -0.05) is 0 Å². The third-order valence-electron chi connectivity index (χ3n) is 3.45. The van der Waals surface area contributed by atoms with Crippen LogP contribution in [0.3, 0.4) is 0 Å². The fraction of sp³-hybridized carbons (Fsp3) is 0.333. The van der Waals surface area contributed by atoms with Gasteiger partial charge in [-0.3, -0.25) is 9.48 Å². The largest absolute Gasteiger partial charge is 0.494 e. The topological polar surface area (TPSA) is 59.4 Å². The number of carbonyl (C=O) groups is 1. The second-order valence-electron chi connectivity index (χ2n) is 4.89. The van der Waals surface area contributed by atoms with E-state index in [4.69, 9.17) is 4.74 Å². The van der Waals surface area contributed by atoms with Crippen molar-refractivity contribution in [2.75, 3.05) is 26.1 Å². The first-order chi connectivity index (χ1) is 10.5. The molecule has 1 aromatic heterocycles. The third kappa shape index (κ3) is 4.00. The second kappa shape index (κ2) is 7.94. The summed E-state index contributed by atoms with van der Waals surface area (Å²) in [5, 5.41) is 7.02. The number of likely N-dealkylation sites (N-methyl/N-ethyl adjacent to an activating group) is 2. The van der Waals surface area contributed by atoms with Gasteiger partial charge in [0.25, 0.3) is 0 Å². The van der Waals surface area contributed by atoms with E-state index in [0.29, 0.717) is 5.69 Å². The zero-order valence-corrected chi connectivity index (χ0v) is 14.2. The summed E-state index contributed by atoms with van der Waals surface area (Å²) < 4.78 is 20.3. The highest BCUT2D eigenvalue weighted by atomic mass is 35.5. The number of hydrogen-bond acceptors (Lipinski definition) is 4. The van der Waals surface area contributed by atoms with Crippen molar-refractivity contribution >= 4 is 24.0 Å². The SMILES string of the molecule is CNC(C(=O)N(C)c1ccc(OC)c(F)c1)c1cnn(C)c1.Cl. The fourth-order valence-electron chi connectivity index (χ4n) is 2.21. The van der Waals surface area contributed by atoms with E-state index >= 15 is 0 Å². The van der Waals surface area contributed by atoms with E-state index in [9.17, 15) is 9.18 Å². The summed E-state index contributed by atoms with van der Waals surface area (Å²) in [6.07, 6.45) is 3.39. The molecular formula is C15H20ClFN4O2. The lowest BCUT2D eigenvalue weighted by molar-refractivity contribution is -0.120. The summed E-state index contributed by atoms with van der Waals surface area (Å²) in [7, 11) is 6.47. The van der Waals surface area contributed by atoms with Crippen LogP contribution in [0.25, 0.3) is 0 Å². The fourth-order valence-corrected chi connectivity index (χ4v) is 2.21. The van der Waals surface area contributed by atoms with E-state index in [2.05, 4.69) is 10.4 Å². The van der Waals surface area contributed by atoms with Gasteiger partial charge in [-0.05, 0) is 19.2 Å². The minimum Gasteiger partial charge on any atom is -0.494 e. The Balaban J connectivity index is 0.00000264. The molecule has 0 aliphatic heterocycles. The van der Waals surface area contributed by atoms with E-state index in [-0.39, 0.29) is 24.1 Å². The molecule has 6 nitrogen and oxygen atoms in total. The molecule has 8 heteroatoms. The number of hydrogen-bond donors (Lipinski definition) is 1. The maximum Gasteiger partial charge on any atom is 0.248 e. The molecule has 126 valence electrons. The molecule has 0 fully saturated rings. The molecule has 0 spiro atoms. The molecule has 0 radical (unpaired) electrons. The second-order valence-corrected chi connectivity index (χ2v) is 4.89. The van der Waals surface area contributed by atoms with Crippen molar-refractivity contribution in [2.24, 2.45) is 7.05 Å². The van der Waals surface area contributed by atoms with E-state index in [1.54, 1.807) is 44.3 Å². The number of benzene rings is 1. The van der Waals surface area contributed by atoms with E-state index in [0.717, 1.165) is 5.56 Å². The van der Waals surface area contributed by atoms with Gasteiger partial charge >= 0.3 is 0 Å². The van der Waals surface area contributed by atoms with Crippen LogP contribution in [-0.4, -0.2) is 36.9 Å². The molecule has 0 saturated carbocycles. The van der Waals surface area contributed by atoms with Gasteiger partial charge in [-0.25, -0.2) is 4.39 Å². The van der Waals surface area contributed by atoms with Crippen LogP contribution in [0.2, 0.25) is 0 Å². The molecule has 1 heterocycles. The van der Waals surface area contributed by atoms with Crippen LogP contribution in [-0.2, 0) is 11.8 Å². The molecule has 1 aromatic carbocycles. The Morgan fingerprint density at radius 1 is 1.48 bits per heavy atom. The first-order valence-corrected chi connectivity index (χ1v) is 6.74. The van der Waals surface area contributed by atoms with Gasteiger partial charge in [-0.2, -0.15) is 5.10 Å². The molecule has 0 aliphatic rings. The quantitative estimate of drug-likeness (QED) is 0.901. The van der Waals surface area contributed by atoms with Gasteiger partial charge in [0.15, 0.2) is 11.6 Å². The molecule has 23 heavy (non-hydrogen) atoms. The van der Waals surface area contributed by atoms with Gasteiger partial charge in [-0.15, -0.1) is 12.4 Å². The number of methoxy groups -OCH3 is 1.